The maximum absolute atomic E-state index is 7.04. The SMILES string of the molecule is Cc1cc(-c2ccc3c(c2)Oc2c(-c4ccnc(C)c4)cc(-c4ccnc(C)c4)c4c2B3c2ccc(-c3ccnc(C)c3)cc2O4)ccn1. The van der Waals surface area contributed by atoms with Crippen molar-refractivity contribution in [1.29, 1.82) is 0 Å². The van der Waals surface area contributed by atoms with E-state index in [1.165, 1.54) is 0 Å². The van der Waals surface area contributed by atoms with Crippen molar-refractivity contribution in [2.75, 3.05) is 0 Å². The molecule has 0 radical (unpaired) electrons. The van der Waals surface area contributed by atoms with Crippen LogP contribution in [0.15, 0.2) is 116 Å². The number of hydrogen-bond donors (Lipinski definition) is 0. The number of ether oxygens (including phenoxy) is 2. The first-order chi connectivity index (χ1) is 23.9. The van der Waals surface area contributed by atoms with Crippen LogP contribution in [0.25, 0.3) is 44.5 Å². The highest BCUT2D eigenvalue weighted by Gasteiger charge is 2.43. The number of rotatable bonds is 4. The van der Waals surface area contributed by atoms with E-state index in [0.29, 0.717) is 0 Å². The van der Waals surface area contributed by atoms with E-state index in [1.54, 1.807) is 0 Å². The van der Waals surface area contributed by atoms with Crippen molar-refractivity contribution < 1.29 is 9.47 Å². The Bertz CT molecular complexity index is 2310. The number of hydrogen-bond acceptors (Lipinski definition) is 6. The zero-order valence-corrected chi connectivity index (χ0v) is 27.7. The zero-order valence-electron chi connectivity index (χ0n) is 27.7. The van der Waals surface area contributed by atoms with Crippen LogP contribution in [0.2, 0.25) is 0 Å². The van der Waals surface area contributed by atoms with Crippen molar-refractivity contribution in [2.24, 2.45) is 0 Å². The molecule has 0 unspecified atom stereocenters. The van der Waals surface area contributed by atoms with E-state index in [0.717, 1.165) is 107 Å². The summed E-state index contributed by atoms with van der Waals surface area (Å²) in [6, 6.07) is 32.0. The van der Waals surface area contributed by atoms with Crippen LogP contribution in [0, 0.1) is 27.7 Å². The molecule has 49 heavy (non-hydrogen) atoms. The molecule has 0 saturated heterocycles. The molecule has 0 atom stereocenters. The molecule has 3 aromatic carbocycles. The highest BCUT2D eigenvalue weighted by atomic mass is 16.5. The quantitative estimate of drug-likeness (QED) is 0.184. The van der Waals surface area contributed by atoms with Crippen molar-refractivity contribution in [2.45, 2.75) is 27.7 Å². The van der Waals surface area contributed by atoms with Crippen molar-refractivity contribution in [1.82, 2.24) is 19.9 Å². The van der Waals surface area contributed by atoms with Crippen molar-refractivity contribution in [3.05, 3.63) is 139 Å². The Morgan fingerprint density at radius 1 is 0.408 bits per heavy atom. The summed E-state index contributed by atoms with van der Waals surface area (Å²) in [5, 5.41) is 0. The molecule has 0 N–H and O–H groups in total. The van der Waals surface area contributed by atoms with E-state index in [4.69, 9.17) is 9.47 Å². The van der Waals surface area contributed by atoms with Crippen LogP contribution in [-0.4, -0.2) is 26.6 Å². The van der Waals surface area contributed by atoms with Crippen molar-refractivity contribution in [3.63, 3.8) is 0 Å². The average Bonchev–Trinajstić information content (AvgIpc) is 3.11. The molecular formula is C42H31BN4O2. The molecular weight excluding hydrogens is 603 g/mol. The number of pyridine rings is 4. The van der Waals surface area contributed by atoms with Crippen LogP contribution in [0.5, 0.6) is 23.0 Å². The molecule has 234 valence electrons. The third-order valence-corrected chi connectivity index (χ3v) is 9.50. The largest absolute Gasteiger partial charge is 0.458 e. The lowest BCUT2D eigenvalue weighted by Crippen LogP contribution is -2.57. The van der Waals surface area contributed by atoms with Gasteiger partial charge in [0.25, 0.3) is 6.71 Å². The third-order valence-electron chi connectivity index (χ3n) is 9.50. The molecule has 7 aromatic rings. The molecule has 9 rings (SSSR count). The molecule has 4 aromatic heterocycles. The molecule has 7 heteroatoms. The monoisotopic (exact) mass is 634 g/mol. The number of aryl methyl sites for hydroxylation is 4. The Labute approximate surface area is 285 Å². The van der Waals surface area contributed by atoms with Crippen LogP contribution in [0.4, 0.5) is 0 Å². The van der Waals surface area contributed by atoms with Gasteiger partial charge in [0.15, 0.2) is 0 Å². The number of fused-ring (bicyclic) bond motifs is 4. The van der Waals surface area contributed by atoms with Gasteiger partial charge < -0.3 is 9.47 Å². The predicted molar refractivity (Wildman–Crippen MR) is 196 cm³/mol. The Morgan fingerprint density at radius 2 is 0.776 bits per heavy atom. The molecule has 6 nitrogen and oxygen atoms in total. The zero-order chi connectivity index (χ0) is 33.2. The van der Waals surface area contributed by atoms with Crippen LogP contribution >= 0.6 is 0 Å². The first kappa shape index (κ1) is 29.1. The lowest BCUT2D eigenvalue weighted by atomic mass is 9.34. The van der Waals surface area contributed by atoms with Crippen LogP contribution in [-0.2, 0) is 0 Å². The minimum absolute atomic E-state index is 0.122. The lowest BCUT2D eigenvalue weighted by Gasteiger charge is -2.35. The van der Waals surface area contributed by atoms with E-state index in [1.807, 2.05) is 64.6 Å². The van der Waals surface area contributed by atoms with E-state index in [2.05, 4.69) is 98.8 Å². The smallest absolute Gasteiger partial charge is 0.260 e. The van der Waals surface area contributed by atoms with Crippen molar-refractivity contribution in [3.8, 4) is 67.5 Å². The average molecular weight is 635 g/mol. The van der Waals surface area contributed by atoms with Gasteiger partial charge in [-0.05, 0) is 139 Å². The topological polar surface area (TPSA) is 70.0 Å². The van der Waals surface area contributed by atoms with E-state index in [-0.39, 0.29) is 6.71 Å². The normalized spacial score (nSPS) is 12.4. The standard InChI is InChI=1S/C42H31BN4O2/c1-24-17-30(9-13-44-24)28-5-7-36-38(21-28)48-41-34(32-11-15-46-26(3)19-32)23-35(33-12-16-47-27(4)20-33)42-40(41)43(36)37-8-6-29(22-39(37)49-42)31-10-14-45-25(2)18-31/h5-23H,1-4H3. The Kier molecular flexibility index (Phi) is 6.69. The van der Waals surface area contributed by atoms with Gasteiger partial charge in [0.2, 0.25) is 0 Å². The molecule has 0 bridgehead atoms. The first-order valence-corrected chi connectivity index (χ1v) is 16.5. The molecule has 2 aliphatic heterocycles. The van der Waals surface area contributed by atoms with Gasteiger partial charge in [-0.25, -0.2) is 0 Å². The fraction of sp³-hybridized carbons (Fsp3) is 0.0952. The first-order valence-electron chi connectivity index (χ1n) is 16.5. The third kappa shape index (κ3) is 4.97. The summed E-state index contributed by atoms with van der Waals surface area (Å²) in [7, 11) is 0. The summed E-state index contributed by atoms with van der Waals surface area (Å²) in [6.45, 7) is 7.94. The van der Waals surface area contributed by atoms with Crippen LogP contribution in [0.3, 0.4) is 0 Å². The molecule has 0 aliphatic carbocycles. The molecule has 0 amide bonds. The number of aromatic nitrogens is 4. The molecule has 0 spiro atoms. The highest BCUT2D eigenvalue weighted by molar-refractivity contribution is 6.98. The summed E-state index contributed by atoms with van der Waals surface area (Å²) in [5.41, 5.74) is 15.4. The molecule has 6 heterocycles. The summed E-state index contributed by atoms with van der Waals surface area (Å²) in [5.74, 6) is 3.26. The Morgan fingerprint density at radius 3 is 1.18 bits per heavy atom. The summed E-state index contributed by atoms with van der Waals surface area (Å²) in [4.78, 5) is 17.8. The molecule has 0 fully saturated rings. The van der Waals surface area contributed by atoms with E-state index >= 15 is 0 Å². The highest BCUT2D eigenvalue weighted by Crippen LogP contribution is 2.47. The van der Waals surface area contributed by atoms with Gasteiger partial charge in [0.05, 0.1) is 0 Å². The van der Waals surface area contributed by atoms with Gasteiger partial charge in [0, 0.05) is 64.2 Å². The summed E-state index contributed by atoms with van der Waals surface area (Å²) < 4.78 is 14.1. The lowest BCUT2D eigenvalue weighted by molar-refractivity contribution is 0.467. The Hall–Kier alpha value is -6.08. The van der Waals surface area contributed by atoms with Gasteiger partial charge in [-0.15, -0.1) is 0 Å². The van der Waals surface area contributed by atoms with Gasteiger partial charge in [-0.3, -0.25) is 19.9 Å². The van der Waals surface area contributed by atoms with Crippen LogP contribution < -0.4 is 25.9 Å². The van der Waals surface area contributed by atoms with Gasteiger partial charge >= 0.3 is 0 Å². The summed E-state index contributed by atoms with van der Waals surface area (Å²) in [6.07, 6.45) is 7.43. The Balaban J connectivity index is 1.33. The van der Waals surface area contributed by atoms with Crippen molar-refractivity contribution >= 4 is 23.1 Å². The second-order valence-corrected chi connectivity index (χ2v) is 12.9. The summed E-state index contributed by atoms with van der Waals surface area (Å²) >= 11 is 0. The molecule has 2 aliphatic rings. The molecule has 0 saturated carbocycles. The van der Waals surface area contributed by atoms with Gasteiger partial charge in [-0.1, -0.05) is 24.3 Å². The number of benzene rings is 3. The van der Waals surface area contributed by atoms with E-state index < -0.39 is 0 Å². The minimum atomic E-state index is -0.122. The van der Waals surface area contributed by atoms with Gasteiger partial charge in [-0.2, -0.15) is 0 Å². The second kappa shape index (κ2) is 11.3. The maximum Gasteiger partial charge on any atom is 0.260 e. The van der Waals surface area contributed by atoms with Gasteiger partial charge in [0.1, 0.15) is 23.0 Å². The van der Waals surface area contributed by atoms with E-state index in [9.17, 15) is 0 Å². The fourth-order valence-electron chi connectivity index (χ4n) is 7.24. The van der Waals surface area contributed by atoms with Crippen LogP contribution in [0.1, 0.15) is 22.8 Å². The fourth-order valence-corrected chi connectivity index (χ4v) is 7.24. The second-order valence-electron chi connectivity index (χ2n) is 12.9. The predicted octanol–water partition coefficient (Wildman–Crippen LogP) is 7.90. The maximum atomic E-state index is 7.04. The minimum Gasteiger partial charge on any atom is -0.458 e. The number of nitrogens with zero attached hydrogens (tertiary/aromatic N) is 4.